The normalized spacial score (nSPS) is 11.2. The van der Waals surface area contributed by atoms with Crippen molar-refractivity contribution in [2.45, 2.75) is 18.3 Å². The molecule has 0 spiro atoms. The minimum absolute atomic E-state index is 0.229. The van der Waals surface area contributed by atoms with Crippen LogP contribution in [0.25, 0.3) is 0 Å². The van der Waals surface area contributed by atoms with Crippen LogP contribution in [0.3, 0.4) is 0 Å². The molecule has 0 aliphatic heterocycles. The van der Waals surface area contributed by atoms with Gasteiger partial charge in [-0.25, -0.2) is 9.47 Å². The predicted octanol–water partition coefficient (Wildman–Crippen LogP) is 1.92. The molecule has 12 heteroatoms. The first-order valence-electron chi connectivity index (χ1n) is 7.20. The van der Waals surface area contributed by atoms with Gasteiger partial charge < -0.3 is 15.9 Å². The first-order valence-corrected chi connectivity index (χ1v) is 8.18. The van der Waals surface area contributed by atoms with Crippen molar-refractivity contribution < 1.29 is 27.5 Å². The molecule has 8 nitrogen and oxygen atoms in total. The van der Waals surface area contributed by atoms with Crippen LogP contribution in [0.15, 0.2) is 29.4 Å². The Morgan fingerprint density at radius 1 is 1.27 bits per heavy atom. The summed E-state index contributed by atoms with van der Waals surface area (Å²) in [6.07, 6.45) is -4.73. The zero-order valence-corrected chi connectivity index (χ0v) is 14.2. The third kappa shape index (κ3) is 4.88. The molecule has 1 amide bonds. The van der Waals surface area contributed by atoms with Crippen molar-refractivity contribution in [1.82, 2.24) is 14.9 Å². The van der Waals surface area contributed by atoms with E-state index in [4.69, 9.17) is 10.6 Å². The number of aromatic nitrogens is 3. The summed E-state index contributed by atoms with van der Waals surface area (Å²) in [4.78, 5) is 23.4. The molecule has 26 heavy (non-hydrogen) atoms. The molecule has 0 radical (unpaired) electrons. The summed E-state index contributed by atoms with van der Waals surface area (Å²) in [5, 5.41) is 8.56. The Kier molecular flexibility index (Phi) is 6.08. The molecular weight excluding hydrogens is 375 g/mol. The van der Waals surface area contributed by atoms with Gasteiger partial charge >= 0.3 is 12.1 Å². The highest BCUT2D eigenvalue weighted by molar-refractivity contribution is 7.99. The maximum atomic E-state index is 12.6. The van der Waals surface area contributed by atoms with E-state index in [0.717, 1.165) is 0 Å². The Bertz CT molecular complexity index is 792. The van der Waals surface area contributed by atoms with Crippen molar-refractivity contribution in [2.24, 2.45) is 0 Å². The van der Waals surface area contributed by atoms with Crippen molar-refractivity contribution in [1.29, 1.82) is 0 Å². The molecule has 3 N–H and O–H groups in total. The molecule has 140 valence electrons. The predicted molar refractivity (Wildman–Crippen MR) is 86.9 cm³/mol. The highest BCUT2D eigenvalue weighted by Gasteiger charge is 2.38. The average molecular weight is 389 g/mol. The van der Waals surface area contributed by atoms with Crippen LogP contribution in [0.1, 0.15) is 23.1 Å². The van der Waals surface area contributed by atoms with E-state index in [0.29, 0.717) is 23.0 Å². The minimum Gasteiger partial charge on any atom is -0.462 e. The molecule has 1 aromatic heterocycles. The van der Waals surface area contributed by atoms with Gasteiger partial charge in [0.05, 0.1) is 17.9 Å². The van der Waals surface area contributed by atoms with Crippen LogP contribution in [-0.2, 0) is 15.7 Å². The van der Waals surface area contributed by atoms with Crippen LogP contribution >= 0.6 is 11.8 Å². The number of ether oxygens (including phenoxy) is 1. The number of nitrogen functional groups attached to an aromatic ring is 1. The third-order valence-electron chi connectivity index (χ3n) is 2.93. The molecule has 2 rings (SSSR count). The number of benzene rings is 1. The third-order valence-corrected chi connectivity index (χ3v) is 3.87. The van der Waals surface area contributed by atoms with E-state index in [1.807, 2.05) is 0 Å². The Balaban J connectivity index is 1.91. The van der Waals surface area contributed by atoms with Crippen LogP contribution in [0.2, 0.25) is 0 Å². The second kappa shape index (κ2) is 8.08. The molecule has 0 bridgehead atoms. The Morgan fingerprint density at radius 2 is 1.92 bits per heavy atom. The van der Waals surface area contributed by atoms with E-state index in [1.54, 1.807) is 6.92 Å². The van der Waals surface area contributed by atoms with Crippen molar-refractivity contribution in [2.75, 3.05) is 23.5 Å². The van der Waals surface area contributed by atoms with Gasteiger partial charge in [-0.2, -0.15) is 13.2 Å². The second-order valence-corrected chi connectivity index (χ2v) is 5.75. The van der Waals surface area contributed by atoms with Gasteiger partial charge in [0.15, 0.2) is 0 Å². The summed E-state index contributed by atoms with van der Waals surface area (Å²) in [5.41, 5.74) is 0.740. The molecule has 1 aromatic carbocycles. The average Bonchev–Trinajstić information content (AvgIpc) is 2.95. The highest BCUT2D eigenvalue weighted by atomic mass is 32.2. The molecule has 0 unspecified atom stereocenters. The number of nitrogens with one attached hydrogen (secondary N) is 1. The topological polar surface area (TPSA) is 112 Å². The number of thioether (sulfide) groups is 1. The van der Waals surface area contributed by atoms with Gasteiger partial charge in [0.2, 0.25) is 11.1 Å². The number of esters is 1. The van der Waals surface area contributed by atoms with E-state index >= 15 is 0 Å². The van der Waals surface area contributed by atoms with Crippen molar-refractivity contribution >= 4 is 29.3 Å². The standard InChI is InChI=1S/C14H14F3N5O3S/c1-2-25-11(24)8-3-5-9(6-4-8)19-10(23)7-26-13-21-20-12(22(13)18)14(15,16)17/h3-6H,2,7,18H2,1H3,(H,19,23). The van der Waals surface area contributed by atoms with Gasteiger partial charge in [0, 0.05) is 5.69 Å². The quantitative estimate of drug-likeness (QED) is 0.441. The molecule has 0 fully saturated rings. The summed E-state index contributed by atoms with van der Waals surface area (Å²) in [7, 11) is 0. The molecule has 1 heterocycles. The largest absolute Gasteiger partial charge is 0.462 e. The lowest BCUT2D eigenvalue weighted by molar-refractivity contribution is -0.146. The summed E-state index contributed by atoms with van der Waals surface area (Å²) in [6.45, 7) is 1.93. The van der Waals surface area contributed by atoms with Gasteiger partial charge in [0.25, 0.3) is 5.82 Å². The first-order chi connectivity index (χ1) is 12.2. The van der Waals surface area contributed by atoms with E-state index in [1.165, 1.54) is 24.3 Å². The van der Waals surface area contributed by atoms with Gasteiger partial charge in [-0.1, -0.05) is 11.8 Å². The fourth-order valence-corrected chi connectivity index (χ4v) is 2.46. The van der Waals surface area contributed by atoms with Crippen molar-refractivity contribution in [3.8, 4) is 0 Å². The number of nitrogens with two attached hydrogens (primary N) is 1. The monoisotopic (exact) mass is 389 g/mol. The summed E-state index contributed by atoms with van der Waals surface area (Å²) in [6, 6.07) is 5.96. The maximum Gasteiger partial charge on any atom is 0.453 e. The van der Waals surface area contributed by atoms with Crippen molar-refractivity contribution in [3.05, 3.63) is 35.7 Å². The molecule has 0 aliphatic carbocycles. The van der Waals surface area contributed by atoms with E-state index in [9.17, 15) is 22.8 Å². The number of carbonyl (C=O) groups is 2. The number of carbonyl (C=O) groups excluding carboxylic acids is 2. The molecule has 0 saturated carbocycles. The number of rotatable bonds is 6. The van der Waals surface area contributed by atoms with Crippen molar-refractivity contribution in [3.63, 3.8) is 0 Å². The summed E-state index contributed by atoms with van der Waals surface area (Å²) in [5.74, 6) is 2.72. The number of anilines is 1. The smallest absolute Gasteiger partial charge is 0.453 e. The highest BCUT2D eigenvalue weighted by Crippen LogP contribution is 2.28. The molecule has 2 aromatic rings. The maximum absolute atomic E-state index is 12.6. The van der Waals surface area contributed by atoms with Gasteiger partial charge in [-0.15, -0.1) is 10.2 Å². The van der Waals surface area contributed by atoms with E-state index < -0.39 is 23.9 Å². The lowest BCUT2D eigenvalue weighted by Crippen LogP contribution is -2.22. The SMILES string of the molecule is CCOC(=O)c1ccc(NC(=O)CSc2nnc(C(F)(F)F)n2N)cc1. The molecule has 0 aliphatic rings. The van der Waals surface area contributed by atoms with E-state index in [-0.39, 0.29) is 22.2 Å². The second-order valence-electron chi connectivity index (χ2n) is 4.81. The number of hydrogen-bond acceptors (Lipinski definition) is 7. The number of halogens is 3. The Hall–Kier alpha value is -2.76. The molecule has 0 atom stereocenters. The van der Waals surface area contributed by atoms with Crippen LogP contribution in [0.5, 0.6) is 0 Å². The molecule has 0 saturated heterocycles. The number of amides is 1. The van der Waals surface area contributed by atoms with Gasteiger partial charge in [-0.05, 0) is 31.2 Å². The van der Waals surface area contributed by atoms with Gasteiger partial charge in [-0.3, -0.25) is 4.79 Å². The van der Waals surface area contributed by atoms with Crippen LogP contribution < -0.4 is 11.2 Å². The Morgan fingerprint density at radius 3 is 2.46 bits per heavy atom. The fourth-order valence-electron chi connectivity index (χ4n) is 1.80. The van der Waals surface area contributed by atoms with Crippen LogP contribution in [0.4, 0.5) is 18.9 Å². The molecular formula is C14H14F3N5O3S. The van der Waals surface area contributed by atoms with Crippen LogP contribution in [-0.4, -0.2) is 39.1 Å². The summed E-state index contributed by atoms with van der Waals surface area (Å²) >= 11 is 0.704. The number of alkyl halides is 3. The zero-order valence-electron chi connectivity index (χ0n) is 13.4. The zero-order chi connectivity index (χ0) is 19.3. The van der Waals surface area contributed by atoms with Crippen LogP contribution in [0, 0.1) is 0 Å². The number of nitrogens with zero attached hydrogens (tertiary/aromatic N) is 3. The lowest BCUT2D eigenvalue weighted by Gasteiger charge is -2.07. The fraction of sp³-hybridized carbons (Fsp3) is 0.286. The first kappa shape index (κ1) is 19.6. The minimum atomic E-state index is -4.73. The summed E-state index contributed by atoms with van der Waals surface area (Å²) < 4.78 is 42.8. The number of hydrogen-bond donors (Lipinski definition) is 2. The Labute approximate surface area is 149 Å². The van der Waals surface area contributed by atoms with Gasteiger partial charge in [0.1, 0.15) is 0 Å². The lowest BCUT2D eigenvalue weighted by atomic mass is 10.2. The van der Waals surface area contributed by atoms with E-state index in [2.05, 4.69) is 15.5 Å².